The van der Waals surface area contributed by atoms with Crippen LogP contribution in [0.2, 0.25) is 0 Å². The Morgan fingerprint density at radius 2 is 1.89 bits per heavy atom. The predicted molar refractivity (Wildman–Crippen MR) is 113 cm³/mol. The zero-order valence-corrected chi connectivity index (χ0v) is 17.0. The van der Waals surface area contributed by atoms with Gasteiger partial charge in [-0.25, -0.2) is 9.38 Å². The van der Waals surface area contributed by atoms with E-state index in [9.17, 15) is 9.50 Å². The average molecular weight is 387 g/mol. The van der Waals surface area contributed by atoms with Crippen molar-refractivity contribution in [3.8, 4) is 0 Å². The molecule has 0 aliphatic heterocycles. The molecule has 0 saturated carbocycles. The largest absolute Gasteiger partial charge is 0.388 e. The third-order valence-electron chi connectivity index (χ3n) is 4.26. The highest BCUT2D eigenvalue weighted by molar-refractivity contribution is 5.79. The molecule has 152 valence electrons. The van der Waals surface area contributed by atoms with E-state index in [4.69, 9.17) is 0 Å². The number of aliphatic hydroxyl groups is 1. The van der Waals surface area contributed by atoms with E-state index in [0.717, 1.165) is 17.7 Å². The zero-order valence-electron chi connectivity index (χ0n) is 17.0. The highest BCUT2D eigenvalue weighted by atomic mass is 19.1. The lowest BCUT2D eigenvalue weighted by Gasteiger charge is -2.15. The summed E-state index contributed by atoms with van der Waals surface area (Å²) in [6.07, 6.45) is 0.0695. The molecule has 0 aliphatic rings. The summed E-state index contributed by atoms with van der Waals surface area (Å²) in [7, 11) is 3.84. The number of hydrogen-bond acceptors (Lipinski definition) is 3. The van der Waals surface area contributed by atoms with Crippen LogP contribution in [0, 0.1) is 5.82 Å². The quantitative estimate of drug-likeness (QED) is 0.458. The fraction of sp³-hybridized carbons (Fsp3) is 0.409. The van der Waals surface area contributed by atoms with Crippen molar-refractivity contribution in [3.05, 3.63) is 71.0 Å². The van der Waals surface area contributed by atoms with Gasteiger partial charge in [-0.3, -0.25) is 0 Å². The van der Waals surface area contributed by atoms with Gasteiger partial charge in [0.05, 0.1) is 12.6 Å². The fourth-order valence-corrected chi connectivity index (χ4v) is 2.87. The first kappa shape index (κ1) is 21.9. The van der Waals surface area contributed by atoms with E-state index < -0.39 is 6.10 Å². The van der Waals surface area contributed by atoms with Crippen molar-refractivity contribution in [1.82, 2.24) is 15.5 Å². The molecule has 2 aromatic rings. The molecule has 6 heteroatoms. The van der Waals surface area contributed by atoms with Crippen molar-refractivity contribution in [2.75, 3.05) is 27.2 Å². The fourth-order valence-electron chi connectivity index (χ4n) is 2.87. The molecule has 0 radical (unpaired) electrons. The van der Waals surface area contributed by atoms with Gasteiger partial charge in [-0.05, 0) is 50.7 Å². The maximum Gasteiger partial charge on any atom is 0.191 e. The molecule has 0 bridgehead atoms. The first-order valence-electron chi connectivity index (χ1n) is 9.66. The lowest BCUT2D eigenvalue weighted by molar-refractivity contribution is 0.168. The number of rotatable bonds is 9. The molecule has 0 aromatic heterocycles. The lowest BCUT2D eigenvalue weighted by atomic mass is 10.1. The minimum absolute atomic E-state index is 0.193. The molecule has 0 saturated heterocycles. The van der Waals surface area contributed by atoms with E-state index in [-0.39, 0.29) is 5.82 Å². The van der Waals surface area contributed by atoms with Gasteiger partial charge >= 0.3 is 0 Å². The SMILES string of the molecule is CCNC(=NCc1ccc(F)c(CN(C)C)c1)NCCC(O)c1ccccc1. The summed E-state index contributed by atoms with van der Waals surface area (Å²) in [6, 6.07) is 14.7. The van der Waals surface area contributed by atoms with Gasteiger partial charge in [-0.15, -0.1) is 0 Å². The number of nitrogens with zero attached hydrogens (tertiary/aromatic N) is 2. The molecule has 1 unspecified atom stereocenters. The number of benzene rings is 2. The average Bonchev–Trinajstić information content (AvgIpc) is 2.68. The number of hydrogen-bond donors (Lipinski definition) is 3. The Hall–Kier alpha value is -2.44. The van der Waals surface area contributed by atoms with Crippen LogP contribution in [0.15, 0.2) is 53.5 Å². The Morgan fingerprint density at radius 3 is 2.57 bits per heavy atom. The monoisotopic (exact) mass is 386 g/mol. The number of halogens is 1. The van der Waals surface area contributed by atoms with E-state index >= 15 is 0 Å². The van der Waals surface area contributed by atoms with Gasteiger partial charge in [0.2, 0.25) is 0 Å². The van der Waals surface area contributed by atoms with Crippen molar-refractivity contribution >= 4 is 5.96 Å². The third-order valence-corrected chi connectivity index (χ3v) is 4.26. The van der Waals surface area contributed by atoms with Crippen LogP contribution in [-0.4, -0.2) is 43.2 Å². The summed E-state index contributed by atoms with van der Waals surface area (Å²) >= 11 is 0. The topological polar surface area (TPSA) is 59.9 Å². The lowest BCUT2D eigenvalue weighted by Crippen LogP contribution is -2.38. The number of nitrogens with one attached hydrogen (secondary N) is 2. The highest BCUT2D eigenvalue weighted by Crippen LogP contribution is 2.15. The first-order chi connectivity index (χ1) is 13.5. The summed E-state index contributed by atoms with van der Waals surface area (Å²) in [6.45, 7) is 4.35. The highest BCUT2D eigenvalue weighted by Gasteiger charge is 2.08. The van der Waals surface area contributed by atoms with Gasteiger partial charge in [0.25, 0.3) is 0 Å². The van der Waals surface area contributed by atoms with Gasteiger partial charge in [-0.1, -0.05) is 36.4 Å². The van der Waals surface area contributed by atoms with Crippen LogP contribution < -0.4 is 10.6 Å². The molecule has 5 nitrogen and oxygen atoms in total. The van der Waals surface area contributed by atoms with Gasteiger partial charge in [0, 0.05) is 25.2 Å². The molecule has 0 fully saturated rings. The number of aliphatic hydroxyl groups excluding tert-OH is 1. The van der Waals surface area contributed by atoms with Crippen LogP contribution >= 0.6 is 0 Å². The van der Waals surface area contributed by atoms with Gasteiger partial charge < -0.3 is 20.6 Å². The number of aliphatic imine (C=N–C) groups is 1. The van der Waals surface area contributed by atoms with Crippen molar-refractivity contribution in [2.45, 2.75) is 32.5 Å². The van der Waals surface area contributed by atoms with Crippen molar-refractivity contribution < 1.29 is 9.50 Å². The Balaban J connectivity index is 1.93. The molecular weight excluding hydrogens is 355 g/mol. The minimum atomic E-state index is -0.512. The molecular formula is C22H31FN4O. The molecule has 0 spiro atoms. The molecule has 3 N–H and O–H groups in total. The predicted octanol–water partition coefficient (Wildman–Crippen LogP) is 3.07. The molecule has 0 aliphatic carbocycles. The normalized spacial score (nSPS) is 12.9. The standard InChI is InChI=1S/C22H31FN4O/c1-4-24-22(25-13-12-21(28)18-8-6-5-7-9-18)26-15-17-10-11-20(23)19(14-17)16-27(2)3/h5-11,14,21,28H,4,12-13,15-16H2,1-3H3,(H2,24,25,26). The molecule has 1 atom stereocenters. The molecule has 2 aromatic carbocycles. The summed E-state index contributed by atoms with van der Waals surface area (Å²) in [5, 5.41) is 16.7. The second-order valence-electron chi connectivity index (χ2n) is 7.00. The van der Waals surface area contributed by atoms with Crippen LogP contribution in [-0.2, 0) is 13.1 Å². The van der Waals surface area contributed by atoms with E-state index in [1.807, 2.05) is 62.3 Å². The molecule has 0 heterocycles. The van der Waals surface area contributed by atoms with Gasteiger partial charge in [0.15, 0.2) is 5.96 Å². The van der Waals surface area contributed by atoms with Crippen molar-refractivity contribution in [1.29, 1.82) is 0 Å². The van der Waals surface area contributed by atoms with Crippen LogP contribution in [0.4, 0.5) is 4.39 Å². The summed E-state index contributed by atoms with van der Waals surface area (Å²) in [5.41, 5.74) is 2.53. The van der Waals surface area contributed by atoms with Crippen LogP contribution in [0.25, 0.3) is 0 Å². The smallest absolute Gasteiger partial charge is 0.191 e. The maximum atomic E-state index is 13.9. The van der Waals surface area contributed by atoms with Crippen molar-refractivity contribution in [2.24, 2.45) is 4.99 Å². The summed E-state index contributed by atoms with van der Waals surface area (Å²) in [4.78, 5) is 6.52. The minimum Gasteiger partial charge on any atom is -0.388 e. The van der Waals surface area contributed by atoms with Crippen LogP contribution in [0.3, 0.4) is 0 Å². The van der Waals surface area contributed by atoms with Crippen LogP contribution in [0.1, 0.15) is 36.1 Å². The van der Waals surface area contributed by atoms with Crippen molar-refractivity contribution in [3.63, 3.8) is 0 Å². The Morgan fingerprint density at radius 1 is 1.14 bits per heavy atom. The second-order valence-corrected chi connectivity index (χ2v) is 7.00. The third kappa shape index (κ3) is 7.29. The Labute approximate surface area is 167 Å². The zero-order chi connectivity index (χ0) is 20.4. The Kier molecular flexibility index (Phi) is 8.91. The van der Waals surface area contributed by atoms with E-state index in [2.05, 4.69) is 15.6 Å². The number of guanidine groups is 1. The van der Waals surface area contributed by atoms with Gasteiger partial charge in [0.1, 0.15) is 5.82 Å². The Bertz CT molecular complexity index is 749. The van der Waals surface area contributed by atoms with Gasteiger partial charge in [-0.2, -0.15) is 0 Å². The van der Waals surface area contributed by atoms with Crippen LogP contribution in [0.5, 0.6) is 0 Å². The second kappa shape index (κ2) is 11.4. The van der Waals surface area contributed by atoms with E-state index in [0.29, 0.717) is 37.6 Å². The maximum absolute atomic E-state index is 13.9. The van der Waals surface area contributed by atoms with E-state index in [1.54, 1.807) is 6.07 Å². The molecule has 2 rings (SSSR count). The molecule has 0 amide bonds. The molecule has 28 heavy (non-hydrogen) atoms. The summed E-state index contributed by atoms with van der Waals surface area (Å²) < 4.78 is 13.9. The first-order valence-corrected chi connectivity index (χ1v) is 9.66. The van der Waals surface area contributed by atoms with E-state index in [1.165, 1.54) is 6.07 Å². The summed E-state index contributed by atoms with van der Waals surface area (Å²) in [5.74, 6) is 0.489.